The molecule has 2 fully saturated rings. The normalized spacial score (nSPS) is 22.7. The van der Waals surface area contributed by atoms with Crippen LogP contribution in [0.5, 0.6) is 0 Å². The Kier molecular flexibility index (Phi) is 5.89. The van der Waals surface area contributed by atoms with Crippen LogP contribution in [-0.4, -0.2) is 70.4 Å². The number of carbonyl (C=O) groups excluding carboxylic acids is 1. The molecule has 36 heavy (non-hydrogen) atoms. The van der Waals surface area contributed by atoms with Gasteiger partial charge in [0.2, 0.25) is 0 Å². The molecule has 1 spiro atoms. The number of carbonyl (C=O) groups is 1. The van der Waals surface area contributed by atoms with E-state index >= 15 is 0 Å². The first-order valence-corrected chi connectivity index (χ1v) is 11.9. The van der Waals surface area contributed by atoms with E-state index in [2.05, 4.69) is 30.7 Å². The van der Waals surface area contributed by atoms with Gasteiger partial charge in [-0.2, -0.15) is 18.4 Å². The lowest BCUT2D eigenvalue weighted by molar-refractivity contribution is -0.163. The zero-order chi connectivity index (χ0) is 25.7. The van der Waals surface area contributed by atoms with E-state index < -0.39 is 18.9 Å². The average Bonchev–Trinajstić information content (AvgIpc) is 3.20. The summed E-state index contributed by atoms with van der Waals surface area (Å²) in [6.45, 7) is 3.39. The van der Waals surface area contributed by atoms with Crippen LogP contribution in [0.3, 0.4) is 0 Å². The highest BCUT2D eigenvalue weighted by Crippen LogP contribution is 2.56. The Morgan fingerprint density at radius 2 is 1.94 bits per heavy atom. The summed E-state index contributed by atoms with van der Waals surface area (Å²) in [5, 5.41) is 9.34. The van der Waals surface area contributed by atoms with Gasteiger partial charge in [-0.1, -0.05) is 6.42 Å². The van der Waals surface area contributed by atoms with Crippen LogP contribution in [0, 0.1) is 11.3 Å². The molecule has 2 atom stereocenters. The molecule has 9 nitrogen and oxygen atoms in total. The zero-order valence-electron chi connectivity index (χ0n) is 20.0. The van der Waals surface area contributed by atoms with Crippen molar-refractivity contribution in [3.8, 4) is 6.07 Å². The number of rotatable bonds is 3. The van der Waals surface area contributed by atoms with Crippen molar-refractivity contribution in [3.63, 3.8) is 0 Å². The van der Waals surface area contributed by atoms with Crippen LogP contribution >= 0.6 is 0 Å². The molecule has 12 heteroatoms. The summed E-state index contributed by atoms with van der Waals surface area (Å²) < 4.78 is 42.1. The average molecular weight is 502 g/mol. The lowest BCUT2D eigenvalue weighted by Crippen LogP contribution is -2.59. The quantitative estimate of drug-likeness (QED) is 0.624. The Labute approximate surface area is 206 Å². The van der Waals surface area contributed by atoms with Gasteiger partial charge < -0.3 is 19.4 Å². The number of nitriles is 1. The highest BCUT2D eigenvalue weighted by molar-refractivity contribution is 5.75. The van der Waals surface area contributed by atoms with Gasteiger partial charge in [-0.15, -0.1) is 0 Å². The summed E-state index contributed by atoms with van der Waals surface area (Å²) in [4.78, 5) is 31.6. The molecule has 0 N–H and O–H groups in total. The highest BCUT2D eigenvalue weighted by atomic mass is 19.4. The minimum absolute atomic E-state index is 0.137. The van der Waals surface area contributed by atoms with Crippen molar-refractivity contribution in [1.29, 1.82) is 5.26 Å². The second-order valence-electron chi connectivity index (χ2n) is 9.80. The topological polar surface area (TPSA) is 98.5 Å². The number of pyridine rings is 1. The first-order chi connectivity index (χ1) is 17.1. The third kappa shape index (κ3) is 4.16. The zero-order valence-corrected chi connectivity index (χ0v) is 20.0. The number of alkyl halides is 3. The number of piperazine rings is 1. The number of anilines is 3. The molecule has 5 rings (SSSR count). The van der Waals surface area contributed by atoms with Crippen LogP contribution in [-0.2, 0) is 10.2 Å². The molecule has 0 unspecified atom stereocenters. The van der Waals surface area contributed by atoms with E-state index in [9.17, 15) is 23.2 Å². The predicted molar refractivity (Wildman–Crippen MR) is 124 cm³/mol. The molecule has 2 aromatic heterocycles. The molecule has 0 radical (unpaired) electrons. The van der Waals surface area contributed by atoms with Gasteiger partial charge in [-0.05, 0) is 38.8 Å². The van der Waals surface area contributed by atoms with E-state index in [4.69, 9.17) is 0 Å². The second-order valence-corrected chi connectivity index (χ2v) is 9.80. The van der Waals surface area contributed by atoms with Crippen molar-refractivity contribution >= 4 is 23.5 Å². The van der Waals surface area contributed by atoms with Crippen LogP contribution in [0.4, 0.5) is 35.4 Å². The van der Waals surface area contributed by atoms with Crippen molar-refractivity contribution < 1.29 is 22.7 Å². The van der Waals surface area contributed by atoms with Crippen LogP contribution in [0.1, 0.15) is 44.2 Å². The first-order valence-electron chi connectivity index (χ1n) is 11.9. The van der Waals surface area contributed by atoms with Crippen LogP contribution in [0.2, 0.25) is 0 Å². The van der Waals surface area contributed by atoms with Gasteiger partial charge in [0.05, 0.1) is 11.6 Å². The fourth-order valence-electron chi connectivity index (χ4n) is 5.46. The summed E-state index contributed by atoms with van der Waals surface area (Å²) in [5.41, 5.74) is 1.41. The largest absolute Gasteiger partial charge is 0.440 e. The Hall–Kier alpha value is -3.62. The van der Waals surface area contributed by atoms with Crippen molar-refractivity contribution in [2.24, 2.45) is 0 Å². The molecule has 1 saturated heterocycles. The van der Waals surface area contributed by atoms with E-state index in [1.54, 1.807) is 25.3 Å². The lowest BCUT2D eigenvalue weighted by atomic mass is 9.66. The summed E-state index contributed by atoms with van der Waals surface area (Å²) in [6.07, 6.45) is 0.613. The SMILES string of the molecule is C[C@@H]1CN(c2ncnc3c2C2(CCC2)CN3c2cc(C#N)ccn2)[C@H](C)CN1C(=O)OCC(F)(F)F. The Morgan fingerprint density at radius 1 is 1.19 bits per heavy atom. The molecule has 3 aliphatic rings. The van der Waals surface area contributed by atoms with Crippen molar-refractivity contribution in [2.45, 2.75) is 56.8 Å². The Morgan fingerprint density at radius 3 is 2.61 bits per heavy atom. The van der Waals surface area contributed by atoms with Gasteiger partial charge in [-0.3, -0.25) is 0 Å². The predicted octanol–water partition coefficient (Wildman–Crippen LogP) is 3.91. The summed E-state index contributed by atoms with van der Waals surface area (Å²) in [7, 11) is 0. The number of halogens is 3. The Bertz CT molecular complexity index is 1210. The van der Waals surface area contributed by atoms with E-state index in [1.165, 1.54) is 11.2 Å². The third-order valence-electron chi connectivity index (χ3n) is 7.37. The molecule has 1 saturated carbocycles. The van der Waals surface area contributed by atoms with E-state index in [0.717, 1.165) is 36.5 Å². The van der Waals surface area contributed by atoms with Gasteiger partial charge in [0.25, 0.3) is 0 Å². The summed E-state index contributed by atoms with van der Waals surface area (Å²) in [6, 6.07) is 4.98. The molecular formula is C24H26F3N7O2. The number of ether oxygens (including phenoxy) is 1. The molecule has 2 aliphatic heterocycles. The molecule has 1 aliphatic carbocycles. The van der Waals surface area contributed by atoms with Gasteiger partial charge >= 0.3 is 12.3 Å². The standard InChI is InChI=1S/C24H26F3N7O2/c1-15-11-33(22(35)36-13-24(25,26)27)16(2)10-32(15)20-19-21(31-14-30-20)34(12-23(19)5-3-6-23)18-8-17(9-28)4-7-29-18/h4,7-8,14-16H,3,5-6,10-13H2,1-2H3/t15-,16-/m1/s1. The molecule has 4 heterocycles. The number of hydrogen-bond donors (Lipinski definition) is 0. The monoisotopic (exact) mass is 501 g/mol. The van der Waals surface area contributed by atoms with Crippen molar-refractivity contribution in [2.75, 3.05) is 36.0 Å². The van der Waals surface area contributed by atoms with Crippen LogP contribution in [0.25, 0.3) is 0 Å². The smallest absolute Gasteiger partial charge is 0.422 e. The van der Waals surface area contributed by atoms with Gasteiger partial charge in [0.15, 0.2) is 6.61 Å². The van der Waals surface area contributed by atoms with Crippen LogP contribution in [0.15, 0.2) is 24.7 Å². The van der Waals surface area contributed by atoms with Gasteiger partial charge in [0, 0.05) is 48.9 Å². The molecular weight excluding hydrogens is 475 g/mol. The van der Waals surface area contributed by atoms with Crippen molar-refractivity contribution in [3.05, 3.63) is 35.8 Å². The van der Waals surface area contributed by atoms with E-state index in [-0.39, 0.29) is 24.0 Å². The Balaban J connectivity index is 1.44. The van der Waals surface area contributed by atoms with E-state index in [0.29, 0.717) is 24.5 Å². The van der Waals surface area contributed by atoms with E-state index in [1.807, 2.05) is 11.8 Å². The van der Waals surface area contributed by atoms with Crippen molar-refractivity contribution in [1.82, 2.24) is 19.9 Å². The number of nitrogens with zero attached hydrogens (tertiary/aromatic N) is 7. The number of aromatic nitrogens is 3. The lowest BCUT2D eigenvalue weighted by Gasteiger charge is -2.46. The number of hydrogen-bond acceptors (Lipinski definition) is 8. The molecule has 1 amide bonds. The maximum Gasteiger partial charge on any atom is 0.422 e. The second kappa shape index (κ2) is 8.80. The minimum atomic E-state index is -4.57. The fourth-order valence-corrected chi connectivity index (χ4v) is 5.46. The van der Waals surface area contributed by atoms with Gasteiger partial charge in [-0.25, -0.2) is 19.7 Å². The molecule has 2 aromatic rings. The number of amides is 1. The number of fused-ring (bicyclic) bond motifs is 2. The van der Waals surface area contributed by atoms with Crippen LogP contribution < -0.4 is 9.80 Å². The maximum absolute atomic E-state index is 12.5. The minimum Gasteiger partial charge on any atom is -0.440 e. The first kappa shape index (κ1) is 24.1. The fraction of sp³-hybridized carbons (Fsp3) is 0.542. The molecule has 190 valence electrons. The molecule has 0 bridgehead atoms. The van der Waals surface area contributed by atoms with Gasteiger partial charge in [0.1, 0.15) is 23.8 Å². The summed E-state index contributed by atoms with van der Waals surface area (Å²) in [5.74, 6) is 2.19. The third-order valence-corrected chi connectivity index (χ3v) is 7.37. The molecule has 0 aromatic carbocycles. The maximum atomic E-state index is 12.5. The highest BCUT2D eigenvalue weighted by Gasteiger charge is 2.52. The summed E-state index contributed by atoms with van der Waals surface area (Å²) >= 11 is 0.